The Morgan fingerprint density at radius 2 is 2.04 bits per heavy atom. The van der Waals surface area contributed by atoms with Gasteiger partial charge >= 0.3 is 12.6 Å². The Kier molecular flexibility index (Phi) is 6.60. The van der Waals surface area contributed by atoms with Crippen LogP contribution in [-0.4, -0.2) is 62.3 Å². The molecule has 1 N–H and O–H groups in total. The summed E-state index contributed by atoms with van der Waals surface area (Å²) in [6.45, 7) is 3.19. The van der Waals surface area contributed by atoms with E-state index >= 15 is 0 Å². The second-order valence-corrected chi connectivity index (χ2v) is 5.45. The molecule has 6 nitrogen and oxygen atoms in total. The molecule has 2 amide bonds. The van der Waals surface area contributed by atoms with Crippen LogP contribution in [0.1, 0.15) is 13.3 Å². The van der Waals surface area contributed by atoms with Crippen LogP contribution < -0.4 is 14.8 Å². The van der Waals surface area contributed by atoms with E-state index in [1.54, 1.807) is 11.0 Å². The van der Waals surface area contributed by atoms with Crippen molar-refractivity contribution in [2.75, 3.05) is 45.2 Å². The van der Waals surface area contributed by atoms with Gasteiger partial charge in [-0.2, -0.15) is 8.78 Å². The number of alkyl halides is 2. The van der Waals surface area contributed by atoms with E-state index in [1.165, 1.54) is 19.2 Å². The van der Waals surface area contributed by atoms with Crippen molar-refractivity contribution in [2.24, 2.45) is 0 Å². The Bertz CT molecular complexity index is 557. The molecule has 0 bridgehead atoms. The molecule has 1 aliphatic heterocycles. The molecule has 1 fully saturated rings. The van der Waals surface area contributed by atoms with Gasteiger partial charge in [0.1, 0.15) is 0 Å². The van der Waals surface area contributed by atoms with Gasteiger partial charge in [0.15, 0.2) is 11.5 Å². The standard InChI is InChI=1S/C16H23F2N3O3/c1-3-20-7-4-8-21(10-9-20)16(22)19-12-5-6-13(23-2)14(11-12)24-15(17)18/h5-6,11,15H,3-4,7-10H2,1-2H3,(H,19,22). The van der Waals surface area contributed by atoms with Crippen molar-refractivity contribution in [3.63, 3.8) is 0 Å². The number of nitrogens with zero attached hydrogens (tertiary/aromatic N) is 2. The van der Waals surface area contributed by atoms with Crippen molar-refractivity contribution in [2.45, 2.75) is 20.0 Å². The van der Waals surface area contributed by atoms with E-state index in [1.807, 2.05) is 0 Å². The van der Waals surface area contributed by atoms with E-state index in [2.05, 4.69) is 21.9 Å². The third-order valence-corrected chi connectivity index (χ3v) is 3.95. The molecule has 0 spiro atoms. The van der Waals surface area contributed by atoms with Gasteiger partial charge in [0.05, 0.1) is 7.11 Å². The van der Waals surface area contributed by atoms with Gasteiger partial charge < -0.3 is 24.6 Å². The largest absolute Gasteiger partial charge is 0.493 e. The number of methoxy groups -OCH3 is 1. The highest BCUT2D eigenvalue weighted by molar-refractivity contribution is 5.89. The molecular formula is C16H23F2N3O3. The van der Waals surface area contributed by atoms with Crippen LogP contribution in [0.3, 0.4) is 0 Å². The molecule has 0 atom stereocenters. The van der Waals surface area contributed by atoms with Gasteiger partial charge in [-0.15, -0.1) is 0 Å². The summed E-state index contributed by atoms with van der Waals surface area (Å²) in [6.07, 6.45) is 0.906. The lowest BCUT2D eigenvalue weighted by atomic mass is 10.2. The predicted molar refractivity (Wildman–Crippen MR) is 86.9 cm³/mol. The lowest BCUT2D eigenvalue weighted by molar-refractivity contribution is -0.0511. The lowest BCUT2D eigenvalue weighted by Crippen LogP contribution is -2.38. The summed E-state index contributed by atoms with van der Waals surface area (Å²) >= 11 is 0. The van der Waals surface area contributed by atoms with Crippen molar-refractivity contribution in [1.29, 1.82) is 0 Å². The van der Waals surface area contributed by atoms with Gasteiger partial charge in [-0.05, 0) is 31.6 Å². The zero-order valence-corrected chi connectivity index (χ0v) is 13.9. The molecule has 0 unspecified atom stereocenters. The Balaban J connectivity index is 2.03. The monoisotopic (exact) mass is 343 g/mol. The number of carbonyl (C=O) groups excluding carboxylic acids is 1. The number of ether oxygens (including phenoxy) is 2. The topological polar surface area (TPSA) is 54.0 Å². The molecule has 1 aromatic rings. The van der Waals surface area contributed by atoms with E-state index < -0.39 is 6.61 Å². The summed E-state index contributed by atoms with van der Waals surface area (Å²) in [5.74, 6) is 0.0694. The van der Waals surface area contributed by atoms with E-state index in [0.29, 0.717) is 18.8 Å². The summed E-state index contributed by atoms with van der Waals surface area (Å²) in [5, 5.41) is 2.73. The zero-order valence-electron chi connectivity index (χ0n) is 13.9. The highest BCUT2D eigenvalue weighted by Crippen LogP contribution is 2.31. The number of anilines is 1. The first-order valence-corrected chi connectivity index (χ1v) is 7.94. The second-order valence-electron chi connectivity index (χ2n) is 5.45. The molecule has 0 saturated carbocycles. The Morgan fingerprint density at radius 1 is 1.25 bits per heavy atom. The molecule has 1 saturated heterocycles. The van der Waals surface area contributed by atoms with Crippen LogP contribution in [-0.2, 0) is 0 Å². The number of hydrogen-bond donors (Lipinski definition) is 1. The minimum absolute atomic E-state index is 0.113. The van der Waals surface area contributed by atoms with Gasteiger partial charge in [0.2, 0.25) is 0 Å². The molecule has 8 heteroatoms. The van der Waals surface area contributed by atoms with Crippen LogP contribution in [0.5, 0.6) is 11.5 Å². The molecule has 0 radical (unpaired) electrons. The third-order valence-electron chi connectivity index (χ3n) is 3.95. The molecule has 2 rings (SSSR count). The van der Waals surface area contributed by atoms with Crippen LogP contribution in [0, 0.1) is 0 Å². The quantitative estimate of drug-likeness (QED) is 0.893. The summed E-state index contributed by atoms with van der Waals surface area (Å²) < 4.78 is 34.3. The fraction of sp³-hybridized carbons (Fsp3) is 0.562. The van der Waals surface area contributed by atoms with E-state index in [9.17, 15) is 13.6 Å². The minimum Gasteiger partial charge on any atom is -0.493 e. The van der Waals surface area contributed by atoms with Gasteiger partial charge in [-0.25, -0.2) is 4.79 Å². The molecule has 0 aromatic heterocycles. The van der Waals surface area contributed by atoms with E-state index in [0.717, 1.165) is 26.1 Å². The van der Waals surface area contributed by atoms with E-state index in [4.69, 9.17) is 4.74 Å². The Hall–Kier alpha value is -2.09. The highest BCUT2D eigenvalue weighted by Gasteiger charge is 2.19. The Labute approximate surface area is 140 Å². The molecule has 1 heterocycles. The van der Waals surface area contributed by atoms with Crippen molar-refractivity contribution in [3.05, 3.63) is 18.2 Å². The first-order chi connectivity index (χ1) is 11.5. The van der Waals surface area contributed by atoms with Crippen molar-refractivity contribution < 1.29 is 23.0 Å². The maximum absolute atomic E-state index is 12.5. The smallest absolute Gasteiger partial charge is 0.387 e. The maximum Gasteiger partial charge on any atom is 0.387 e. The van der Waals surface area contributed by atoms with Gasteiger partial charge in [0, 0.05) is 31.4 Å². The number of benzene rings is 1. The van der Waals surface area contributed by atoms with Crippen LogP contribution in [0.4, 0.5) is 19.3 Å². The Morgan fingerprint density at radius 3 is 2.71 bits per heavy atom. The number of rotatable bonds is 5. The van der Waals surface area contributed by atoms with Crippen LogP contribution in [0.25, 0.3) is 0 Å². The third kappa shape index (κ3) is 4.95. The number of amides is 2. The molecule has 134 valence electrons. The fourth-order valence-electron chi connectivity index (χ4n) is 2.64. The zero-order chi connectivity index (χ0) is 17.5. The predicted octanol–water partition coefficient (Wildman–Crippen LogP) is 2.86. The van der Waals surface area contributed by atoms with Gasteiger partial charge in [-0.3, -0.25) is 0 Å². The van der Waals surface area contributed by atoms with Crippen LogP contribution in [0.2, 0.25) is 0 Å². The molecule has 24 heavy (non-hydrogen) atoms. The molecule has 1 aromatic carbocycles. The second kappa shape index (κ2) is 8.68. The maximum atomic E-state index is 12.5. The average molecular weight is 343 g/mol. The average Bonchev–Trinajstić information content (AvgIpc) is 2.80. The van der Waals surface area contributed by atoms with Crippen molar-refractivity contribution in [3.8, 4) is 11.5 Å². The van der Waals surface area contributed by atoms with Gasteiger partial charge in [0.25, 0.3) is 0 Å². The summed E-state index contributed by atoms with van der Waals surface area (Å²) in [4.78, 5) is 16.4. The number of halogens is 2. The first kappa shape index (κ1) is 18.3. The van der Waals surface area contributed by atoms with E-state index in [-0.39, 0.29) is 17.5 Å². The summed E-state index contributed by atoms with van der Waals surface area (Å²) in [7, 11) is 1.36. The van der Waals surface area contributed by atoms with Crippen molar-refractivity contribution >= 4 is 11.7 Å². The lowest BCUT2D eigenvalue weighted by Gasteiger charge is -2.22. The normalized spacial score (nSPS) is 16.0. The fourth-order valence-corrected chi connectivity index (χ4v) is 2.64. The first-order valence-electron chi connectivity index (χ1n) is 7.94. The van der Waals surface area contributed by atoms with Crippen molar-refractivity contribution in [1.82, 2.24) is 9.80 Å². The van der Waals surface area contributed by atoms with Gasteiger partial charge in [-0.1, -0.05) is 6.92 Å². The number of likely N-dealkylation sites (N-methyl/N-ethyl adjacent to an activating group) is 1. The number of carbonyl (C=O) groups is 1. The highest BCUT2D eigenvalue weighted by atomic mass is 19.3. The molecule has 1 aliphatic rings. The number of nitrogens with one attached hydrogen (secondary N) is 1. The molecule has 0 aliphatic carbocycles. The summed E-state index contributed by atoms with van der Waals surface area (Å²) in [5.41, 5.74) is 0.382. The van der Waals surface area contributed by atoms with Crippen LogP contribution in [0.15, 0.2) is 18.2 Å². The van der Waals surface area contributed by atoms with Crippen LogP contribution >= 0.6 is 0 Å². The summed E-state index contributed by atoms with van der Waals surface area (Å²) in [6, 6.07) is 4.15. The SMILES string of the molecule is CCN1CCCN(C(=O)Nc2ccc(OC)c(OC(F)F)c2)CC1. The molecular weight excluding hydrogens is 320 g/mol. The minimum atomic E-state index is -2.96. The number of hydrogen-bond acceptors (Lipinski definition) is 4. The number of urea groups is 1.